The van der Waals surface area contributed by atoms with Crippen LogP contribution in [-0.4, -0.2) is 24.3 Å². The molecule has 0 saturated carbocycles. The van der Waals surface area contributed by atoms with Gasteiger partial charge >= 0.3 is 5.97 Å². The van der Waals surface area contributed by atoms with E-state index in [-0.39, 0.29) is 5.56 Å². The van der Waals surface area contributed by atoms with Crippen molar-refractivity contribution in [2.24, 2.45) is 0 Å². The van der Waals surface area contributed by atoms with Gasteiger partial charge in [-0.1, -0.05) is 13.3 Å². The Morgan fingerprint density at radius 1 is 1.33 bits per heavy atom. The van der Waals surface area contributed by atoms with Gasteiger partial charge in [0.15, 0.2) is 11.5 Å². The van der Waals surface area contributed by atoms with Crippen LogP contribution in [0.1, 0.15) is 37.0 Å². The molecule has 0 aliphatic heterocycles. The molecule has 0 aliphatic carbocycles. The monoisotopic (exact) mass is 316 g/mol. The van der Waals surface area contributed by atoms with Crippen LogP contribution in [0, 0.1) is 0 Å². The highest BCUT2D eigenvalue weighted by Gasteiger charge is 2.15. The predicted molar refractivity (Wildman–Crippen MR) is 72.7 cm³/mol. The standard InChI is InChI=1S/C13H17BrO4/c1-3-5-6-18-12-10(14)7-9(13(15)16)8-11(12)17-4-2/h7-8H,3-6H2,1-2H3,(H,15,16). The summed E-state index contributed by atoms with van der Waals surface area (Å²) < 4.78 is 11.7. The lowest BCUT2D eigenvalue weighted by Gasteiger charge is -2.14. The van der Waals surface area contributed by atoms with E-state index in [0.29, 0.717) is 29.2 Å². The highest BCUT2D eigenvalue weighted by Crippen LogP contribution is 2.37. The number of halogens is 1. The molecule has 0 spiro atoms. The van der Waals surface area contributed by atoms with Gasteiger partial charge in [-0.3, -0.25) is 0 Å². The Bertz CT molecular complexity index is 418. The van der Waals surface area contributed by atoms with Gasteiger partial charge in [-0.05, 0) is 41.4 Å². The minimum Gasteiger partial charge on any atom is -0.490 e. The summed E-state index contributed by atoms with van der Waals surface area (Å²) in [7, 11) is 0. The zero-order valence-electron chi connectivity index (χ0n) is 10.5. The number of hydrogen-bond donors (Lipinski definition) is 1. The number of aromatic carboxylic acids is 1. The molecule has 0 heterocycles. The number of unbranched alkanes of at least 4 members (excludes halogenated alkanes) is 1. The molecule has 0 aliphatic rings. The minimum atomic E-state index is -0.989. The maximum Gasteiger partial charge on any atom is 0.335 e. The fraction of sp³-hybridized carbons (Fsp3) is 0.462. The van der Waals surface area contributed by atoms with Crippen LogP contribution in [0.2, 0.25) is 0 Å². The number of carboxylic acids is 1. The van der Waals surface area contributed by atoms with Crippen LogP contribution in [0.15, 0.2) is 16.6 Å². The molecule has 0 fully saturated rings. The molecule has 0 amide bonds. The van der Waals surface area contributed by atoms with Crippen molar-refractivity contribution in [2.45, 2.75) is 26.7 Å². The minimum absolute atomic E-state index is 0.174. The van der Waals surface area contributed by atoms with Crippen molar-refractivity contribution in [2.75, 3.05) is 13.2 Å². The molecule has 0 bridgehead atoms. The lowest BCUT2D eigenvalue weighted by atomic mass is 10.2. The van der Waals surface area contributed by atoms with E-state index in [1.165, 1.54) is 12.1 Å². The summed E-state index contributed by atoms with van der Waals surface area (Å²) in [5.74, 6) is 0.0347. The number of hydrogen-bond acceptors (Lipinski definition) is 3. The normalized spacial score (nSPS) is 10.2. The smallest absolute Gasteiger partial charge is 0.335 e. The van der Waals surface area contributed by atoms with Crippen molar-refractivity contribution in [3.63, 3.8) is 0 Å². The van der Waals surface area contributed by atoms with E-state index in [4.69, 9.17) is 14.6 Å². The van der Waals surface area contributed by atoms with Gasteiger partial charge in [-0.25, -0.2) is 4.79 Å². The molecule has 4 nitrogen and oxygen atoms in total. The van der Waals surface area contributed by atoms with Gasteiger partial charge in [0.25, 0.3) is 0 Å². The highest BCUT2D eigenvalue weighted by atomic mass is 79.9. The molecule has 5 heteroatoms. The zero-order valence-corrected chi connectivity index (χ0v) is 12.1. The first kappa shape index (κ1) is 14.8. The Labute approximate surface area is 115 Å². The number of carboxylic acid groups (broad SMARTS) is 1. The Hall–Kier alpha value is -1.23. The lowest BCUT2D eigenvalue weighted by molar-refractivity contribution is 0.0696. The van der Waals surface area contributed by atoms with E-state index >= 15 is 0 Å². The first-order valence-electron chi connectivity index (χ1n) is 5.92. The summed E-state index contributed by atoms with van der Waals surface area (Å²) >= 11 is 3.32. The second-order valence-electron chi connectivity index (χ2n) is 3.73. The van der Waals surface area contributed by atoms with E-state index in [1.54, 1.807) is 0 Å². The largest absolute Gasteiger partial charge is 0.490 e. The molecular formula is C13H17BrO4. The van der Waals surface area contributed by atoms with E-state index in [1.807, 2.05) is 6.92 Å². The van der Waals surface area contributed by atoms with Crippen molar-refractivity contribution in [1.82, 2.24) is 0 Å². The van der Waals surface area contributed by atoms with E-state index in [2.05, 4.69) is 22.9 Å². The Balaban J connectivity index is 3.02. The topological polar surface area (TPSA) is 55.8 Å². The van der Waals surface area contributed by atoms with Crippen molar-refractivity contribution in [1.29, 1.82) is 0 Å². The summed E-state index contributed by atoms with van der Waals surface area (Å²) in [4.78, 5) is 11.0. The highest BCUT2D eigenvalue weighted by molar-refractivity contribution is 9.10. The third-order valence-corrected chi connectivity index (χ3v) is 2.89. The number of rotatable bonds is 7. The van der Waals surface area contributed by atoms with Crippen LogP contribution in [0.25, 0.3) is 0 Å². The van der Waals surface area contributed by atoms with Crippen LogP contribution in [0.3, 0.4) is 0 Å². The SMILES string of the molecule is CCCCOc1c(Br)cc(C(=O)O)cc1OCC. The van der Waals surface area contributed by atoms with Crippen LogP contribution in [0.4, 0.5) is 0 Å². The van der Waals surface area contributed by atoms with Crippen molar-refractivity contribution >= 4 is 21.9 Å². The number of ether oxygens (including phenoxy) is 2. The van der Waals surface area contributed by atoms with Gasteiger partial charge in [-0.15, -0.1) is 0 Å². The van der Waals surface area contributed by atoms with Gasteiger partial charge in [0.2, 0.25) is 0 Å². The maximum atomic E-state index is 11.0. The molecule has 0 atom stereocenters. The second-order valence-corrected chi connectivity index (χ2v) is 4.58. The van der Waals surface area contributed by atoms with Crippen molar-refractivity contribution in [3.05, 3.63) is 22.2 Å². The van der Waals surface area contributed by atoms with Crippen molar-refractivity contribution in [3.8, 4) is 11.5 Å². The van der Waals surface area contributed by atoms with Crippen LogP contribution in [-0.2, 0) is 0 Å². The molecule has 100 valence electrons. The van der Waals surface area contributed by atoms with Gasteiger partial charge in [0, 0.05) is 0 Å². The first-order chi connectivity index (χ1) is 8.60. The van der Waals surface area contributed by atoms with Gasteiger partial charge in [0.05, 0.1) is 23.2 Å². The first-order valence-corrected chi connectivity index (χ1v) is 6.71. The van der Waals surface area contributed by atoms with Crippen LogP contribution in [0.5, 0.6) is 11.5 Å². The van der Waals surface area contributed by atoms with Crippen LogP contribution >= 0.6 is 15.9 Å². The molecule has 0 saturated heterocycles. The molecule has 0 aromatic heterocycles. The summed E-state index contributed by atoms with van der Waals surface area (Å²) in [6.07, 6.45) is 1.98. The van der Waals surface area contributed by atoms with Gasteiger partial charge in [0.1, 0.15) is 0 Å². The third-order valence-electron chi connectivity index (χ3n) is 2.30. The van der Waals surface area contributed by atoms with Crippen molar-refractivity contribution < 1.29 is 19.4 Å². The molecule has 1 aromatic carbocycles. The van der Waals surface area contributed by atoms with E-state index in [0.717, 1.165) is 12.8 Å². The predicted octanol–water partition coefficient (Wildman–Crippen LogP) is 3.72. The molecule has 1 N–H and O–H groups in total. The quantitative estimate of drug-likeness (QED) is 0.779. The Morgan fingerprint density at radius 3 is 2.61 bits per heavy atom. The summed E-state index contributed by atoms with van der Waals surface area (Å²) in [5.41, 5.74) is 0.174. The second kappa shape index (κ2) is 7.26. The summed E-state index contributed by atoms with van der Waals surface area (Å²) in [6.45, 7) is 4.97. The van der Waals surface area contributed by atoms with E-state index < -0.39 is 5.97 Å². The van der Waals surface area contributed by atoms with Crippen LogP contribution < -0.4 is 9.47 Å². The lowest BCUT2D eigenvalue weighted by Crippen LogP contribution is -2.04. The maximum absolute atomic E-state index is 11.0. The fourth-order valence-electron chi connectivity index (χ4n) is 1.41. The molecule has 1 aromatic rings. The summed E-state index contributed by atoms with van der Waals surface area (Å²) in [6, 6.07) is 3.00. The van der Waals surface area contributed by atoms with Gasteiger partial charge < -0.3 is 14.6 Å². The summed E-state index contributed by atoms with van der Waals surface area (Å²) in [5, 5.41) is 8.99. The molecular weight excluding hydrogens is 300 g/mol. The van der Waals surface area contributed by atoms with E-state index in [9.17, 15) is 4.79 Å². The Kier molecular flexibility index (Phi) is 5.98. The molecule has 0 radical (unpaired) electrons. The number of benzene rings is 1. The average molecular weight is 317 g/mol. The fourth-order valence-corrected chi connectivity index (χ4v) is 1.97. The number of carbonyl (C=O) groups is 1. The molecule has 1 rings (SSSR count). The third kappa shape index (κ3) is 3.91. The van der Waals surface area contributed by atoms with Gasteiger partial charge in [-0.2, -0.15) is 0 Å². The average Bonchev–Trinajstić information content (AvgIpc) is 2.32. The molecule has 0 unspecified atom stereocenters. The zero-order chi connectivity index (χ0) is 13.5. The molecule has 18 heavy (non-hydrogen) atoms. The Morgan fingerprint density at radius 2 is 2.06 bits per heavy atom.